The second kappa shape index (κ2) is 6.22. The number of methoxy groups -OCH3 is 1. The van der Waals surface area contributed by atoms with Gasteiger partial charge >= 0.3 is 6.01 Å². The first-order valence-electron chi connectivity index (χ1n) is 9.08. The number of carbonyl (C=O) groups excluding carboxylic acids is 1. The van der Waals surface area contributed by atoms with Crippen LogP contribution in [-0.4, -0.2) is 35.1 Å². The number of hydrogen-bond donors (Lipinski definition) is 2. The summed E-state index contributed by atoms with van der Waals surface area (Å²) in [7, 11) is 1.53. The highest BCUT2D eigenvalue weighted by Gasteiger charge is 2.49. The Balaban J connectivity index is 1.35. The van der Waals surface area contributed by atoms with Gasteiger partial charge in [0, 0.05) is 11.7 Å². The Morgan fingerprint density at radius 3 is 3.12 bits per heavy atom. The van der Waals surface area contributed by atoms with E-state index in [9.17, 15) is 4.79 Å². The number of amides is 1. The molecule has 130 valence electrons. The zero-order valence-electron chi connectivity index (χ0n) is 14.3. The Kier molecular flexibility index (Phi) is 4.06. The Labute approximate surface area is 142 Å². The Hall–Kier alpha value is -1.85. The van der Waals surface area contributed by atoms with Crippen molar-refractivity contribution in [1.29, 1.82) is 0 Å². The predicted molar refractivity (Wildman–Crippen MR) is 90.7 cm³/mol. The van der Waals surface area contributed by atoms with Gasteiger partial charge in [-0.25, -0.2) is 4.98 Å². The molecule has 1 heterocycles. The number of rotatable bonds is 5. The third-order valence-electron chi connectivity index (χ3n) is 6.23. The van der Waals surface area contributed by atoms with Crippen LogP contribution in [0, 0.1) is 17.8 Å². The molecule has 0 aromatic carbocycles. The molecule has 2 N–H and O–H groups in total. The molecular weight excluding hydrogens is 304 g/mol. The summed E-state index contributed by atoms with van der Waals surface area (Å²) < 4.78 is 5.00. The first-order valence-corrected chi connectivity index (χ1v) is 9.08. The van der Waals surface area contributed by atoms with Gasteiger partial charge in [0.05, 0.1) is 13.7 Å². The molecule has 6 nitrogen and oxygen atoms in total. The molecule has 4 unspecified atom stereocenters. The van der Waals surface area contributed by atoms with E-state index >= 15 is 0 Å². The van der Waals surface area contributed by atoms with Gasteiger partial charge in [0.15, 0.2) is 0 Å². The van der Waals surface area contributed by atoms with E-state index in [4.69, 9.17) is 4.74 Å². The number of anilines is 1. The van der Waals surface area contributed by atoms with E-state index in [0.29, 0.717) is 11.8 Å². The number of nitrogens with one attached hydrogen (secondary N) is 2. The Morgan fingerprint density at radius 1 is 1.33 bits per heavy atom. The third kappa shape index (κ3) is 3.06. The summed E-state index contributed by atoms with van der Waals surface area (Å²) in [6.07, 6.45) is 10.6. The minimum Gasteiger partial charge on any atom is -0.467 e. The van der Waals surface area contributed by atoms with Crippen LogP contribution in [0.1, 0.15) is 44.9 Å². The molecule has 3 saturated carbocycles. The van der Waals surface area contributed by atoms with Gasteiger partial charge in [-0.05, 0) is 62.3 Å². The molecule has 24 heavy (non-hydrogen) atoms. The van der Waals surface area contributed by atoms with Gasteiger partial charge in [0.2, 0.25) is 5.91 Å². The molecule has 0 aliphatic heterocycles. The van der Waals surface area contributed by atoms with Crippen LogP contribution in [0.2, 0.25) is 0 Å². The van der Waals surface area contributed by atoms with E-state index in [1.165, 1.54) is 45.6 Å². The first-order chi connectivity index (χ1) is 11.7. The van der Waals surface area contributed by atoms with Crippen molar-refractivity contribution in [3.05, 3.63) is 12.3 Å². The fourth-order valence-electron chi connectivity index (χ4n) is 5.26. The first kappa shape index (κ1) is 15.7. The van der Waals surface area contributed by atoms with E-state index < -0.39 is 0 Å². The van der Waals surface area contributed by atoms with Crippen molar-refractivity contribution >= 4 is 11.7 Å². The molecule has 0 saturated heterocycles. The summed E-state index contributed by atoms with van der Waals surface area (Å²) >= 11 is 0. The fraction of sp³-hybridized carbons (Fsp3) is 0.722. The quantitative estimate of drug-likeness (QED) is 0.867. The van der Waals surface area contributed by atoms with Gasteiger partial charge in [-0.3, -0.25) is 4.79 Å². The molecule has 4 rings (SSSR count). The molecule has 1 aromatic heterocycles. The smallest absolute Gasteiger partial charge is 0.318 e. The van der Waals surface area contributed by atoms with Crippen molar-refractivity contribution < 1.29 is 9.53 Å². The van der Waals surface area contributed by atoms with E-state index in [2.05, 4.69) is 20.6 Å². The van der Waals surface area contributed by atoms with Crippen LogP contribution in [0.25, 0.3) is 0 Å². The lowest BCUT2D eigenvalue weighted by Crippen LogP contribution is -2.58. The summed E-state index contributed by atoms with van der Waals surface area (Å²) in [6.45, 7) is 0.237. The molecule has 0 radical (unpaired) electrons. The minimum absolute atomic E-state index is 0.0482. The zero-order valence-corrected chi connectivity index (χ0v) is 14.3. The molecule has 3 fully saturated rings. The van der Waals surface area contributed by atoms with Crippen molar-refractivity contribution in [3.63, 3.8) is 0 Å². The highest BCUT2D eigenvalue weighted by Crippen LogP contribution is 2.54. The number of aromatic nitrogens is 2. The van der Waals surface area contributed by atoms with Crippen molar-refractivity contribution in [2.75, 3.05) is 19.0 Å². The van der Waals surface area contributed by atoms with Crippen LogP contribution >= 0.6 is 0 Å². The molecule has 6 heteroatoms. The summed E-state index contributed by atoms with van der Waals surface area (Å²) in [4.78, 5) is 20.6. The highest BCUT2D eigenvalue weighted by atomic mass is 16.5. The normalized spacial score (nSPS) is 33.8. The van der Waals surface area contributed by atoms with Crippen molar-refractivity contribution in [1.82, 2.24) is 15.3 Å². The standard InChI is InChI=1S/C18H26N4O2/c1-24-17-19-7-5-15(21-17)20-11-16(23)22-18-6-4-13-3-2-12(9-18)8-14(13)10-18/h5,7,12-14H,2-4,6,8-11H2,1H3,(H,22,23)(H,19,20,21). The second-order valence-corrected chi connectivity index (χ2v) is 7.76. The summed E-state index contributed by atoms with van der Waals surface area (Å²) in [5.41, 5.74) is 0.0482. The summed E-state index contributed by atoms with van der Waals surface area (Å²) in [5.74, 6) is 3.24. The van der Waals surface area contributed by atoms with Crippen LogP contribution in [0.5, 0.6) is 6.01 Å². The van der Waals surface area contributed by atoms with Crippen LogP contribution < -0.4 is 15.4 Å². The lowest BCUT2D eigenvalue weighted by Gasteiger charge is -2.55. The van der Waals surface area contributed by atoms with Gasteiger partial charge < -0.3 is 15.4 Å². The van der Waals surface area contributed by atoms with Crippen LogP contribution in [0.3, 0.4) is 0 Å². The molecule has 3 aliphatic rings. The zero-order chi connectivity index (χ0) is 16.6. The number of fused-ring (bicyclic) bond motifs is 2. The van der Waals surface area contributed by atoms with E-state index in [0.717, 1.165) is 24.2 Å². The Bertz CT molecular complexity index is 619. The average molecular weight is 330 g/mol. The van der Waals surface area contributed by atoms with Crippen LogP contribution in [0.4, 0.5) is 5.82 Å². The number of hydrogen-bond acceptors (Lipinski definition) is 5. The van der Waals surface area contributed by atoms with Crippen LogP contribution in [0.15, 0.2) is 12.3 Å². The molecular formula is C18H26N4O2. The van der Waals surface area contributed by atoms with E-state index in [-0.39, 0.29) is 18.0 Å². The third-order valence-corrected chi connectivity index (χ3v) is 6.23. The fourth-order valence-corrected chi connectivity index (χ4v) is 5.26. The lowest BCUT2D eigenvalue weighted by molar-refractivity contribution is -0.124. The van der Waals surface area contributed by atoms with Crippen molar-refractivity contribution in [2.45, 2.75) is 50.5 Å². The van der Waals surface area contributed by atoms with E-state index in [1.807, 2.05) is 0 Å². The minimum atomic E-state index is 0.0482. The van der Waals surface area contributed by atoms with Crippen molar-refractivity contribution in [2.24, 2.45) is 17.8 Å². The number of ether oxygens (including phenoxy) is 1. The maximum Gasteiger partial charge on any atom is 0.318 e. The van der Waals surface area contributed by atoms with Gasteiger partial charge in [-0.1, -0.05) is 6.42 Å². The second-order valence-electron chi connectivity index (χ2n) is 7.76. The maximum absolute atomic E-state index is 12.5. The van der Waals surface area contributed by atoms with Gasteiger partial charge in [-0.2, -0.15) is 4.98 Å². The predicted octanol–water partition coefficient (Wildman–Crippen LogP) is 2.37. The van der Waals surface area contributed by atoms with Gasteiger partial charge in [0.1, 0.15) is 5.82 Å². The highest BCUT2D eigenvalue weighted by molar-refractivity contribution is 5.81. The average Bonchev–Trinajstić information content (AvgIpc) is 2.58. The number of carbonyl (C=O) groups is 1. The molecule has 1 aromatic rings. The molecule has 0 spiro atoms. The molecule has 3 aliphatic carbocycles. The lowest BCUT2D eigenvalue weighted by atomic mass is 9.54. The maximum atomic E-state index is 12.5. The SMILES string of the molecule is COc1nccc(NCC(=O)NC23CCC4CCC(CC4C2)C3)n1. The summed E-state index contributed by atoms with van der Waals surface area (Å²) in [6, 6.07) is 2.04. The molecule has 4 atom stereocenters. The Morgan fingerprint density at radius 2 is 2.25 bits per heavy atom. The van der Waals surface area contributed by atoms with Crippen molar-refractivity contribution in [3.8, 4) is 6.01 Å². The van der Waals surface area contributed by atoms with Gasteiger partial charge in [0.25, 0.3) is 0 Å². The van der Waals surface area contributed by atoms with E-state index in [1.54, 1.807) is 12.3 Å². The largest absolute Gasteiger partial charge is 0.467 e. The molecule has 1 amide bonds. The topological polar surface area (TPSA) is 76.1 Å². The molecule has 3 bridgehead atoms. The van der Waals surface area contributed by atoms with Crippen LogP contribution in [-0.2, 0) is 4.79 Å². The number of nitrogens with zero attached hydrogens (tertiary/aromatic N) is 2. The monoisotopic (exact) mass is 330 g/mol. The van der Waals surface area contributed by atoms with Gasteiger partial charge in [-0.15, -0.1) is 0 Å². The summed E-state index contributed by atoms with van der Waals surface area (Å²) in [5, 5.41) is 6.44.